The van der Waals surface area contributed by atoms with E-state index in [-0.39, 0.29) is 22.5 Å². The number of alkyl halides is 3. The molecule has 16 nitrogen and oxygen atoms in total. The Bertz CT molecular complexity index is 2460. The van der Waals surface area contributed by atoms with Crippen LogP contribution in [0.3, 0.4) is 0 Å². The molecule has 0 unspecified atom stereocenters. The van der Waals surface area contributed by atoms with Gasteiger partial charge in [-0.05, 0) is 43.2 Å². The van der Waals surface area contributed by atoms with Crippen molar-refractivity contribution in [3.63, 3.8) is 0 Å². The number of fused-ring (bicyclic) bond motifs is 4. The Morgan fingerprint density at radius 2 is 1.78 bits per heavy atom. The van der Waals surface area contributed by atoms with Gasteiger partial charge >= 0.3 is 17.8 Å². The number of hydrogen-bond acceptors (Lipinski definition) is 10. The van der Waals surface area contributed by atoms with Gasteiger partial charge in [0.15, 0.2) is 5.15 Å². The van der Waals surface area contributed by atoms with Gasteiger partial charge in [0.25, 0.3) is 5.56 Å². The zero-order valence-electron chi connectivity index (χ0n) is 27.7. The first-order valence-electron chi connectivity index (χ1n) is 15.9. The molecule has 0 spiro atoms. The summed E-state index contributed by atoms with van der Waals surface area (Å²) in [5.41, 5.74) is 3.55. The largest absolute Gasteiger partial charge is 0.490 e. The van der Waals surface area contributed by atoms with Crippen molar-refractivity contribution in [2.75, 3.05) is 5.32 Å². The minimum Gasteiger partial charge on any atom is -0.475 e. The first-order valence-corrected chi connectivity index (χ1v) is 16.6. The zero-order valence-corrected chi connectivity index (χ0v) is 29.2. The summed E-state index contributed by atoms with van der Waals surface area (Å²) in [5.74, 6) is -3.24. The molecule has 6 heterocycles. The van der Waals surface area contributed by atoms with Crippen LogP contribution in [0, 0.1) is 5.92 Å². The SMILES string of the molecule is C[C@@H]1CCC[C@H](n2cnc(-c3cc(Cl)ccc3-n3cc(Cl)nn3)cc2=O)c2cc(ccn2)-c2nn(-c3cnc(=O)[nH]c3)cc2NC1=O.O=C(O)C(F)(F)F. The molecule has 0 saturated heterocycles. The van der Waals surface area contributed by atoms with E-state index >= 15 is 0 Å². The molecule has 21 heteroatoms. The number of nitrogens with zero attached hydrogens (tertiary/aromatic N) is 9. The van der Waals surface area contributed by atoms with Gasteiger partial charge in [-0.3, -0.25) is 19.1 Å². The number of carbonyl (C=O) groups is 2. The van der Waals surface area contributed by atoms with Gasteiger partial charge in [-0.15, -0.1) is 5.10 Å². The van der Waals surface area contributed by atoms with E-state index in [1.165, 1.54) is 34.2 Å². The summed E-state index contributed by atoms with van der Waals surface area (Å²) in [6.07, 6.45) is 5.89. The van der Waals surface area contributed by atoms with Gasteiger partial charge in [0.2, 0.25) is 5.91 Å². The molecule has 6 aromatic rings. The number of rotatable bonds is 4. The number of carboxylic acids is 1. The van der Waals surface area contributed by atoms with E-state index in [2.05, 4.69) is 35.6 Å². The molecule has 0 radical (unpaired) electrons. The van der Waals surface area contributed by atoms with Gasteiger partial charge in [-0.2, -0.15) is 23.3 Å². The zero-order chi connectivity index (χ0) is 38.7. The molecule has 1 aliphatic rings. The van der Waals surface area contributed by atoms with Crippen molar-refractivity contribution >= 4 is 40.8 Å². The third-order valence-electron chi connectivity index (χ3n) is 8.21. The van der Waals surface area contributed by atoms with E-state index in [9.17, 15) is 27.6 Å². The van der Waals surface area contributed by atoms with Gasteiger partial charge in [0.05, 0.1) is 59.4 Å². The summed E-state index contributed by atoms with van der Waals surface area (Å²) in [6, 6.07) is 9.75. The highest BCUT2D eigenvalue weighted by Gasteiger charge is 2.38. The predicted octanol–water partition coefficient (Wildman–Crippen LogP) is 5.11. The molecule has 278 valence electrons. The molecule has 3 N–H and O–H groups in total. The second-order valence-electron chi connectivity index (χ2n) is 11.9. The van der Waals surface area contributed by atoms with Gasteiger partial charge in [0.1, 0.15) is 5.69 Å². The summed E-state index contributed by atoms with van der Waals surface area (Å²) in [4.78, 5) is 63.1. The van der Waals surface area contributed by atoms with Crippen LogP contribution in [0.15, 0.2) is 83.3 Å². The summed E-state index contributed by atoms with van der Waals surface area (Å²) >= 11 is 12.3. The molecule has 2 bridgehead atoms. The maximum absolute atomic E-state index is 13.8. The van der Waals surface area contributed by atoms with Gasteiger partial charge in [-0.25, -0.2) is 23.9 Å². The fourth-order valence-corrected chi connectivity index (χ4v) is 5.85. The van der Waals surface area contributed by atoms with Crippen molar-refractivity contribution in [2.24, 2.45) is 5.92 Å². The summed E-state index contributed by atoms with van der Waals surface area (Å²) in [7, 11) is 0. The Hall–Kier alpha value is -6.21. The van der Waals surface area contributed by atoms with E-state index in [0.717, 1.165) is 0 Å². The Morgan fingerprint density at radius 3 is 2.44 bits per heavy atom. The number of benzene rings is 1. The number of amides is 1. The van der Waals surface area contributed by atoms with Crippen molar-refractivity contribution in [1.29, 1.82) is 0 Å². The van der Waals surface area contributed by atoms with E-state index in [0.29, 0.717) is 69.6 Å². The normalized spacial score (nSPS) is 15.9. The number of aliphatic carboxylic acids is 1. The average Bonchev–Trinajstić information content (AvgIpc) is 3.76. The number of aromatic amines is 1. The minimum atomic E-state index is -5.08. The lowest BCUT2D eigenvalue weighted by molar-refractivity contribution is -0.192. The maximum atomic E-state index is 13.8. The number of halogens is 5. The van der Waals surface area contributed by atoms with Gasteiger partial charge in [0, 0.05) is 40.5 Å². The van der Waals surface area contributed by atoms with Crippen LogP contribution in [-0.4, -0.2) is 72.4 Å². The summed E-state index contributed by atoms with van der Waals surface area (Å²) in [6.45, 7) is 1.86. The van der Waals surface area contributed by atoms with E-state index in [1.807, 2.05) is 13.0 Å². The molecule has 1 aromatic carbocycles. The number of carbonyl (C=O) groups excluding carboxylic acids is 1. The number of nitrogens with one attached hydrogen (secondary N) is 2. The fourth-order valence-electron chi connectivity index (χ4n) is 5.55. The molecule has 2 atom stereocenters. The Labute approximate surface area is 311 Å². The number of hydrogen-bond donors (Lipinski definition) is 3. The van der Waals surface area contributed by atoms with Crippen molar-refractivity contribution in [3.8, 4) is 33.9 Å². The lowest BCUT2D eigenvalue weighted by Gasteiger charge is -2.22. The third kappa shape index (κ3) is 8.37. The van der Waals surface area contributed by atoms with Crippen LogP contribution in [0.1, 0.15) is 37.9 Å². The number of H-pyrrole nitrogens is 1. The lowest BCUT2D eigenvalue weighted by Crippen LogP contribution is -2.27. The third-order valence-corrected chi connectivity index (χ3v) is 8.62. The van der Waals surface area contributed by atoms with Gasteiger partial charge < -0.3 is 15.4 Å². The van der Waals surface area contributed by atoms with Gasteiger partial charge in [-0.1, -0.05) is 41.8 Å². The van der Waals surface area contributed by atoms with Crippen molar-refractivity contribution in [1.82, 2.24) is 49.3 Å². The molecular weight excluding hydrogens is 758 g/mol. The molecule has 1 aliphatic heterocycles. The smallest absolute Gasteiger partial charge is 0.475 e. The Kier molecular flexibility index (Phi) is 10.7. The van der Waals surface area contributed by atoms with Crippen LogP contribution >= 0.6 is 23.2 Å². The topological polar surface area (TPSA) is 208 Å². The first-order chi connectivity index (χ1) is 25.7. The molecule has 5 aromatic heterocycles. The van der Waals surface area contributed by atoms with Crippen LogP contribution in [0.5, 0.6) is 0 Å². The van der Waals surface area contributed by atoms with Crippen molar-refractivity contribution in [3.05, 3.63) is 110 Å². The Balaban J connectivity index is 0.000000649. The van der Waals surface area contributed by atoms with E-state index in [4.69, 9.17) is 38.2 Å². The second kappa shape index (κ2) is 15.4. The van der Waals surface area contributed by atoms with Crippen LogP contribution in [0.4, 0.5) is 18.9 Å². The molecule has 0 saturated carbocycles. The van der Waals surface area contributed by atoms with Crippen LogP contribution in [0.2, 0.25) is 10.2 Å². The highest BCUT2D eigenvalue weighted by molar-refractivity contribution is 6.31. The quantitative estimate of drug-likeness (QED) is 0.214. The second-order valence-corrected chi connectivity index (χ2v) is 12.7. The standard InChI is InChI=1S/C31H25Cl2N11O3.C2HF3O2/c1-17-3-2-4-26(42-16-37-22(11-28(42)45)21-10-19(32)5-6-25(21)44-15-27(33)39-41-44)23-9-18(7-8-34-23)29-24(38-30(17)46)14-43(40-29)20-12-35-31(47)36-13-20;3-2(4,5)1(6)7/h5-17,26H,2-4H2,1H3,(H,38,46)(H,35,36,47);(H,6,7)/t17-,26+;/m1./s1. The minimum absolute atomic E-state index is 0.161. The number of pyridine rings is 1. The number of anilines is 1. The van der Waals surface area contributed by atoms with Crippen LogP contribution in [-0.2, 0) is 9.59 Å². The number of aromatic nitrogens is 10. The van der Waals surface area contributed by atoms with Crippen molar-refractivity contribution in [2.45, 2.75) is 38.4 Å². The molecular formula is C33H26Cl2F3N11O5. The van der Waals surface area contributed by atoms with Crippen LogP contribution in [0.25, 0.3) is 33.9 Å². The van der Waals surface area contributed by atoms with E-state index in [1.54, 1.807) is 47.4 Å². The monoisotopic (exact) mass is 783 g/mol. The molecule has 54 heavy (non-hydrogen) atoms. The molecule has 0 aliphatic carbocycles. The Morgan fingerprint density at radius 1 is 1.00 bits per heavy atom. The van der Waals surface area contributed by atoms with Crippen LogP contribution < -0.4 is 16.6 Å². The highest BCUT2D eigenvalue weighted by Crippen LogP contribution is 2.33. The fraction of sp³-hybridized carbons (Fsp3) is 0.212. The maximum Gasteiger partial charge on any atom is 0.490 e. The summed E-state index contributed by atoms with van der Waals surface area (Å²) < 4.78 is 36.3. The molecule has 7 rings (SSSR count). The molecule has 1 amide bonds. The highest BCUT2D eigenvalue weighted by atomic mass is 35.5. The molecule has 0 fully saturated rings. The lowest BCUT2D eigenvalue weighted by atomic mass is 9.97. The summed E-state index contributed by atoms with van der Waals surface area (Å²) in [5, 5.41) is 23.4. The first kappa shape index (κ1) is 37.5. The van der Waals surface area contributed by atoms with E-state index < -0.39 is 23.9 Å². The predicted molar refractivity (Wildman–Crippen MR) is 188 cm³/mol. The number of carboxylic acid groups (broad SMARTS) is 1. The van der Waals surface area contributed by atoms with Crippen molar-refractivity contribution < 1.29 is 27.9 Å². The average molecular weight is 785 g/mol.